The number of nitrogens with one attached hydrogen (secondary N) is 1. The number of rotatable bonds is 5. The Hall–Kier alpha value is -3.61. The monoisotopic (exact) mass is 624 g/mol. The lowest BCUT2D eigenvalue weighted by Crippen LogP contribution is -2.33. The van der Waals surface area contributed by atoms with Crippen LogP contribution in [0.2, 0.25) is 0 Å². The van der Waals surface area contributed by atoms with Crippen molar-refractivity contribution in [2.75, 3.05) is 10.2 Å². The van der Waals surface area contributed by atoms with Gasteiger partial charge in [-0.25, -0.2) is 9.29 Å². The van der Waals surface area contributed by atoms with E-state index in [9.17, 15) is 23.6 Å². The van der Waals surface area contributed by atoms with E-state index in [0.29, 0.717) is 26.8 Å². The fraction of sp³-hybridized carbons (Fsp3) is 0.148. The standard InChI is InChI=1S/C27H18BrFN4O4S2/c28-15-3-9-18(10-4-15)33-24(35)21-20(14-2-1-11-30-12-14)23-26(38-22(21)25(33)36)32(27(37)39-23)13-19(34)31-17-7-5-16(29)6-8-17/h1-12,20-22H,13H2,(H,31,34)/t20-,21?,22?/m1/s1. The van der Waals surface area contributed by atoms with Crippen molar-refractivity contribution in [3.05, 3.63) is 103 Å². The molecule has 2 aliphatic heterocycles. The smallest absolute Gasteiger partial charge is 0.308 e. The molecule has 6 rings (SSSR count). The van der Waals surface area contributed by atoms with Gasteiger partial charge in [-0.3, -0.25) is 28.7 Å². The number of carbonyl (C=O) groups is 3. The number of thioether (sulfide) groups is 1. The second-order valence-electron chi connectivity index (χ2n) is 9.00. The number of amides is 3. The van der Waals surface area contributed by atoms with Crippen LogP contribution in [0.5, 0.6) is 0 Å². The maximum absolute atomic E-state index is 13.8. The Labute approximate surface area is 238 Å². The van der Waals surface area contributed by atoms with Crippen LogP contribution in [0.3, 0.4) is 0 Å². The zero-order chi connectivity index (χ0) is 27.3. The van der Waals surface area contributed by atoms with E-state index in [4.69, 9.17) is 0 Å². The molecule has 0 radical (unpaired) electrons. The maximum atomic E-state index is 13.8. The van der Waals surface area contributed by atoms with E-state index in [-0.39, 0.29) is 23.2 Å². The minimum atomic E-state index is -0.792. The third kappa shape index (κ3) is 4.62. The van der Waals surface area contributed by atoms with Gasteiger partial charge in [-0.1, -0.05) is 45.1 Å². The zero-order valence-electron chi connectivity index (χ0n) is 19.9. The number of thiazole rings is 1. The number of aromatic nitrogens is 2. The van der Waals surface area contributed by atoms with E-state index in [2.05, 4.69) is 26.2 Å². The summed E-state index contributed by atoms with van der Waals surface area (Å²) < 4.78 is 15.4. The summed E-state index contributed by atoms with van der Waals surface area (Å²) in [5.41, 5.74) is 1.56. The molecule has 0 aliphatic carbocycles. The molecular weight excluding hydrogens is 607 g/mol. The molecule has 0 spiro atoms. The Morgan fingerprint density at radius 3 is 2.46 bits per heavy atom. The average molecular weight is 626 g/mol. The SMILES string of the molecule is O=C(Cn1c2c(sc1=O)[C@H](c1cccnc1)C1C(=O)N(c3ccc(Br)cc3)C(=O)C1S2)Nc1ccc(F)cc1. The number of imide groups is 1. The molecule has 4 heterocycles. The van der Waals surface area contributed by atoms with E-state index >= 15 is 0 Å². The number of carbonyl (C=O) groups excluding carboxylic acids is 3. The van der Waals surface area contributed by atoms with Gasteiger partial charge in [0, 0.05) is 33.3 Å². The van der Waals surface area contributed by atoms with Crippen molar-refractivity contribution in [1.82, 2.24) is 9.55 Å². The first-order valence-corrected chi connectivity index (χ1v) is 14.3. The average Bonchev–Trinajstić information content (AvgIpc) is 3.37. The van der Waals surface area contributed by atoms with Crippen LogP contribution in [-0.2, 0) is 20.9 Å². The molecular formula is C27H18BrFN4O4S2. The number of hydrogen-bond donors (Lipinski definition) is 1. The lowest BCUT2D eigenvalue weighted by Gasteiger charge is -2.30. The van der Waals surface area contributed by atoms with Crippen LogP contribution in [0, 0.1) is 11.7 Å². The fourth-order valence-corrected chi connectivity index (χ4v) is 7.93. The minimum absolute atomic E-state index is 0.301. The lowest BCUT2D eigenvalue weighted by molar-refractivity contribution is -0.122. The quantitative estimate of drug-likeness (QED) is 0.325. The van der Waals surface area contributed by atoms with E-state index in [0.717, 1.165) is 27.6 Å². The van der Waals surface area contributed by atoms with Gasteiger partial charge in [-0.2, -0.15) is 0 Å². The first-order valence-electron chi connectivity index (χ1n) is 11.8. The molecule has 4 aromatic rings. The topological polar surface area (TPSA) is 101 Å². The van der Waals surface area contributed by atoms with Gasteiger partial charge in [-0.15, -0.1) is 0 Å². The van der Waals surface area contributed by atoms with Crippen LogP contribution in [-0.4, -0.2) is 32.5 Å². The van der Waals surface area contributed by atoms with E-state index in [1.165, 1.54) is 33.7 Å². The van der Waals surface area contributed by atoms with Gasteiger partial charge >= 0.3 is 4.87 Å². The molecule has 2 aliphatic rings. The molecule has 2 aromatic heterocycles. The van der Waals surface area contributed by atoms with Crippen molar-refractivity contribution in [3.8, 4) is 0 Å². The number of pyridine rings is 1. The predicted octanol–water partition coefficient (Wildman–Crippen LogP) is 4.64. The molecule has 0 bridgehead atoms. The highest BCUT2D eigenvalue weighted by Crippen LogP contribution is 2.53. The van der Waals surface area contributed by atoms with Gasteiger partial charge < -0.3 is 5.32 Å². The molecule has 3 amide bonds. The second kappa shape index (κ2) is 10.2. The molecule has 1 fully saturated rings. The minimum Gasteiger partial charge on any atom is -0.325 e. The third-order valence-corrected chi connectivity index (χ3v) is 9.74. The predicted molar refractivity (Wildman–Crippen MR) is 149 cm³/mol. The van der Waals surface area contributed by atoms with Gasteiger partial charge in [0.2, 0.25) is 17.7 Å². The van der Waals surface area contributed by atoms with Crippen molar-refractivity contribution in [2.24, 2.45) is 5.92 Å². The number of benzene rings is 2. The molecule has 8 nitrogen and oxygen atoms in total. The number of halogens is 2. The summed E-state index contributed by atoms with van der Waals surface area (Å²) in [6.45, 7) is -0.301. The molecule has 0 saturated carbocycles. The van der Waals surface area contributed by atoms with Crippen LogP contribution >= 0.6 is 39.0 Å². The Morgan fingerprint density at radius 1 is 1.03 bits per heavy atom. The van der Waals surface area contributed by atoms with Crippen molar-refractivity contribution in [2.45, 2.75) is 22.7 Å². The summed E-state index contributed by atoms with van der Waals surface area (Å²) in [5.74, 6) is -2.97. The highest BCUT2D eigenvalue weighted by molar-refractivity contribution is 9.10. The van der Waals surface area contributed by atoms with E-state index in [1.807, 2.05) is 6.07 Å². The first kappa shape index (κ1) is 25.7. The van der Waals surface area contributed by atoms with Crippen LogP contribution in [0.4, 0.5) is 15.8 Å². The Bertz CT molecular complexity index is 1660. The summed E-state index contributed by atoms with van der Waals surface area (Å²) in [7, 11) is 0. The molecule has 2 aromatic carbocycles. The summed E-state index contributed by atoms with van der Waals surface area (Å²) in [6, 6.07) is 15.8. The number of nitrogens with zero attached hydrogens (tertiary/aromatic N) is 3. The van der Waals surface area contributed by atoms with Gasteiger partial charge in [-0.05, 0) is 60.2 Å². The normalized spacial score (nSPS) is 20.1. The third-order valence-electron chi connectivity index (χ3n) is 6.61. The molecule has 1 saturated heterocycles. The lowest BCUT2D eigenvalue weighted by atomic mass is 9.84. The van der Waals surface area contributed by atoms with Crippen LogP contribution in [0.15, 0.2) is 87.4 Å². The summed E-state index contributed by atoms with van der Waals surface area (Å²) >= 11 is 5.48. The van der Waals surface area contributed by atoms with Gasteiger partial charge in [0.05, 0.1) is 16.6 Å². The van der Waals surface area contributed by atoms with Crippen molar-refractivity contribution in [3.63, 3.8) is 0 Å². The van der Waals surface area contributed by atoms with E-state index in [1.54, 1.807) is 42.7 Å². The first-order chi connectivity index (χ1) is 18.8. The highest BCUT2D eigenvalue weighted by Gasteiger charge is 2.56. The van der Waals surface area contributed by atoms with Gasteiger partial charge in [0.1, 0.15) is 17.6 Å². The van der Waals surface area contributed by atoms with Crippen LogP contribution in [0.1, 0.15) is 16.4 Å². The fourth-order valence-electron chi connectivity index (χ4n) is 4.90. The molecule has 2 unspecified atom stereocenters. The van der Waals surface area contributed by atoms with Crippen molar-refractivity contribution in [1.29, 1.82) is 0 Å². The summed E-state index contributed by atoms with van der Waals surface area (Å²) in [5, 5.41) is 2.35. The molecule has 39 heavy (non-hydrogen) atoms. The Kier molecular flexibility index (Phi) is 6.69. The zero-order valence-corrected chi connectivity index (χ0v) is 23.1. The largest absolute Gasteiger partial charge is 0.325 e. The Morgan fingerprint density at radius 2 is 1.77 bits per heavy atom. The number of hydrogen-bond acceptors (Lipinski definition) is 7. The van der Waals surface area contributed by atoms with Crippen molar-refractivity contribution >= 4 is 68.1 Å². The van der Waals surface area contributed by atoms with Crippen LogP contribution < -0.4 is 15.1 Å². The maximum Gasteiger partial charge on any atom is 0.308 e. The second-order valence-corrected chi connectivity index (χ2v) is 12.0. The summed E-state index contributed by atoms with van der Waals surface area (Å²) in [4.78, 5) is 59.2. The molecule has 3 atom stereocenters. The molecule has 196 valence electrons. The Balaban J connectivity index is 1.39. The highest BCUT2D eigenvalue weighted by atomic mass is 79.9. The van der Waals surface area contributed by atoms with Crippen LogP contribution in [0.25, 0.3) is 0 Å². The van der Waals surface area contributed by atoms with Gasteiger partial charge in [0.15, 0.2) is 0 Å². The van der Waals surface area contributed by atoms with E-state index < -0.39 is 28.8 Å². The number of fused-ring (bicyclic) bond motifs is 2. The molecule has 1 N–H and O–H groups in total. The molecule has 12 heteroatoms. The van der Waals surface area contributed by atoms with Crippen molar-refractivity contribution < 1.29 is 18.8 Å². The number of anilines is 2. The van der Waals surface area contributed by atoms with Gasteiger partial charge in [0.25, 0.3) is 0 Å². The summed E-state index contributed by atoms with van der Waals surface area (Å²) in [6.07, 6.45) is 3.25.